The molecule has 0 radical (unpaired) electrons. The van der Waals surface area contributed by atoms with E-state index in [1.165, 1.54) is 45.3 Å². The van der Waals surface area contributed by atoms with Crippen LogP contribution in [-0.4, -0.2) is 38.1 Å². The molecule has 0 aliphatic carbocycles. The summed E-state index contributed by atoms with van der Waals surface area (Å²) in [5.74, 6) is 0.248. The Hall–Kier alpha value is -4.55. The predicted octanol–water partition coefficient (Wildman–Crippen LogP) is 7.83. The minimum Gasteiger partial charge on any atom is -0.452 e. The molecule has 0 saturated carbocycles. The number of piperidine rings is 1. The monoisotopic (exact) mass is 586 g/mol. The minimum atomic E-state index is -1.20. The van der Waals surface area contributed by atoms with Gasteiger partial charge in [0.2, 0.25) is 5.75 Å². The zero-order valence-corrected chi connectivity index (χ0v) is 25.2. The first kappa shape index (κ1) is 28.2. The number of nitrogens with zero attached hydrogens (tertiary/aromatic N) is 2. The molecule has 1 aromatic heterocycles. The molecule has 224 valence electrons. The van der Waals surface area contributed by atoms with Gasteiger partial charge in [-0.3, -0.25) is 4.79 Å². The van der Waals surface area contributed by atoms with Gasteiger partial charge in [-0.2, -0.15) is 0 Å². The number of rotatable bonds is 9. The summed E-state index contributed by atoms with van der Waals surface area (Å²) in [7, 11) is 2.14. The first-order valence-electron chi connectivity index (χ1n) is 15.7. The fraction of sp³-hybridized carbons (Fsp3) is 0.289. The molecule has 4 aromatic carbocycles. The van der Waals surface area contributed by atoms with E-state index < -0.39 is 5.79 Å². The second-order valence-electron chi connectivity index (χ2n) is 11.9. The molecule has 0 spiro atoms. The zero-order chi connectivity index (χ0) is 29.9. The van der Waals surface area contributed by atoms with Crippen LogP contribution in [0.3, 0.4) is 0 Å². The van der Waals surface area contributed by atoms with Crippen molar-refractivity contribution in [3.63, 3.8) is 0 Å². The lowest BCUT2D eigenvalue weighted by molar-refractivity contribution is -0.0456. The fourth-order valence-corrected chi connectivity index (χ4v) is 6.41. The highest BCUT2D eigenvalue weighted by atomic mass is 16.7. The van der Waals surface area contributed by atoms with Crippen molar-refractivity contribution in [2.45, 2.75) is 37.9 Å². The molecule has 0 bridgehead atoms. The van der Waals surface area contributed by atoms with Gasteiger partial charge in [0.1, 0.15) is 5.76 Å². The fourth-order valence-electron chi connectivity index (χ4n) is 6.41. The molecule has 6 heteroatoms. The second-order valence-corrected chi connectivity index (χ2v) is 11.9. The van der Waals surface area contributed by atoms with E-state index in [0.29, 0.717) is 28.2 Å². The highest BCUT2D eigenvalue weighted by Gasteiger charge is 2.46. The number of fused-ring (bicyclic) bond motifs is 3. The molecular weight excluding hydrogens is 548 g/mol. The lowest BCUT2D eigenvalue weighted by Gasteiger charge is -2.28. The predicted molar refractivity (Wildman–Crippen MR) is 176 cm³/mol. The molecule has 5 aromatic rings. The Balaban J connectivity index is 1.14. The number of unbranched alkanes of at least 4 members (excludes halogenated alkanes) is 1. The van der Waals surface area contributed by atoms with Crippen LogP contribution in [0, 0.1) is 0 Å². The highest BCUT2D eigenvalue weighted by molar-refractivity contribution is 5.87. The van der Waals surface area contributed by atoms with Gasteiger partial charge >= 0.3 is 5.79 Å². The van der Waals surface area contributed by atoms with Crippen molar-refractivity contribution in [1.82, 2.24) is 4.90 Å². The summed E-state index contributed by atoms with van der Waals surface area (Å²) in [6.45, 7) is 4.71. The maximum Gasteiger partial charge on any atom is 0.305 e. The minimum absolute atomic E-state index is 0.125. The third-order valence-corrected chi connectivity index (χ3v) is 8.88. The molecule has 0 unspecified atom stereocenters. The van der Waals surface area contributed by atoms with Gasteiger partial charge in [-0.05, 0) is 81.7 Å². The van der Waals surface area contributed by atoms with Gasteiger partial charge in [0.15, 0.2) is 16.8 Å². The quantitative estimate of drug-likeness (QED) is 0.164. The Bertz CT molecular complexity index is 1740. The Labute approximate surface area is 258 Å². The lowest BCUT2D eigenvalue weighted by atomic mass is 9.97. The molecule has 0 N–H and O–H groups in total. The van der Waals surface area contributed by atoms with E-state index in [-0.39, 0.29) is 5.43 Å². The summed E-state index contributed by atoms with van der Waals surface area (Å²) in [6, 6.07) is 33.0. The van der Waals surface area contributed by atoms with Crippen LogP contribution in [0.15, 0.2) is 112 Å². The smallest absolute Gasteiger partial charge is 0.305 e. The number of hydrogen-bond acceptors (Lipinski definition) is 6. The molecule has 1 fully saturated rings. The van der Waals surface area contributed by atoms with E-state index in [0.717, 1.165) is 35.3 Å². The lowest BCUT2D eigenvalue weighted by Crippen LogP contribution is -2.36. The van der Waals surface area contributed by atoms with E-state index in [4.69, 9.17) is 13.9 Å². The molecule has 44 heavy (non-hydrogen) atoms. The Morgan fingerprint density at radius 1 is 0.773 bits per heavy atom. The van der Waals surface area contributed by atoms with Crippen molar-refractivity contribution >= 4 is 16.7 Å². The Morgan fingerprint density at radius 3 is 2.14 bits per heavy atom. The summed E-state index contributed by atoms with van der Waals surface area (Å²) < 4.78 is 19.7. The number of hydrogen-bond donors (Lipinski definition) is 0. The van der Waals surface area contributed by atoms with Gasteiger partial charge in [-0.25, -0.2) is 0 Å². The summed E-state index contributed by atoms with van der Waals surface area (Å²) in [5.41, 5.74) is 3.93. The van der Waals surface area contributed by atoms with Crippen LogP contribution >= 0.6 is 0 Å². The molecule has 2 aliphatic rings. The van der Waals surface area contributed by atoms with Crippen molar-refractivity contribution < 1.29 is 13.9 Å². The van der Waals surface area contributed by atoms with Crippen molar-refractivity contribution in [2.75, 3.05) is 38.1 Å². The topological polar surface area (TPSA) is 55.2 Å². The van der Waals surface area contributed by atoms with Crippen LogP contribution < -0.4 is 19.8 Å². The first-order valence-corrected chi connectivity index (χ1v) is 15.7. The van der Waals surface area contributed by atoms with E-state index in [9.17, 15) is 4.79 Å². The van der Waals surface area contributed by atoms with Crippen LogP contribution in [-0.2, 0) is 5.79 Å². The molecule has 1 saturated heterocycles. The summed E-state index contributed by atoms with van der Waals surface area (Å²) in [4.78, 5) is 18.2. The van der Waals surface area contributed by atoms with Gasteiger partial charge in [-0.1, -0.05) is 67.1 Å². The number of anilines is 1. The van der Waals surface area contributed by atoms with Gasteiger partial charge in [0.25, 0.3) is 0 Å². The third kappa shape index (κ3) is 5.46. The van der Waals surface area contributed by atoms with Crippen LogP contribution in [0.5, 0.6) is 11.5 Å². The van der Waals surface area contributed by atoms with Crippen LogP contribution in [0.1, 0.15) is 43.2 Å². The normalized spacial score (nSPS) is 15.8. The molecule has 2 aliphatic heterocycles. The van der Waals surface area contributed by atoms with Gasteiger partial charge in [0, 0.05) is 42.0 Å². The number of likely N-dealkylation sites (tertiary alicyclic amines) is 1. The molecule has 0 amide bonds. The first-order chi connectivity index (χ1) is 21.6. The summed E-state index contributed by atoms with van der Waals surface area (Å²) >= 11 is 0. The zero-order valence-electron chi connectivity index (χ0n) is 25.2. The van der Waals surface area contributed by atoms with E-state index in [2.05, 4.69) is 29.0 Å². The summed E-state index contributed by atoms with van der Waals surface area (Å²) in [6.07, 6.45) is 6.45. The van der Waals surface area contributed by atoms with E-state index in [1.807, 2.05) is 72.8 Å². The van der Waals surface area contributed by atoms with E-state index in [1.54, 1.807) is 18.2 Å². The van der Waals surface area contributed by atoms with E-state index >= 15 is 0 Å². The molecule has 0 atom stereocenters. The Morgan fingerprint density at radius 2 is 1.45 bits per heavy atom. The second kappa shape index (κ2) is 12.2. The van der Waals surface area contributed by atoms with Crippen molar-refractivity contribution in [3.05, 3.63) is 124 Å². The highest BCUT2D eigenvalue weighted by Crippen LogP contribution is 2.50. The maximum absolute atomic E-state index is 13.3. The number of ether oxygens (including phenoxy) is 2. The average Bonchev–Trinajstić information content (AvgIpc) is 3.50. The van der Waals surface area contributed by atoms with Crippen LogP contribution in [0.4, 0.5) is 5.69 Å². The molecule has 7 rings (SSSR count). The van der Waals surface area contributed by atoms with Crippen LogP contribution in [0.2, 0.25) is 0 Å². The third-order valence-electron chi connectivity index (χ3n) is 8.88. The van der Waals surface area contributed by atoms with Gasteiger partial charge in [-0.15, -0.1) is 0 Å². The standard InChI is InChI=1S/C38H38N2O4/c1-39(23-11-12-26-40-24-9-4-10-25-40)31-19-17-28(18-20-31)35-27-33(41)32-21-22-34-37(36(32)42-35)44-38(43-34,29-13-5-2-6-14-29)30-15-7-3-8-16-30/h2-3,5-8,13-22,27H,4,9-12,23-26H2,1H3. The van der Waals surface area contributed by atoms with Crippen LogP contribution in [0.25, 0.3) is 22.3 Å². The maximum atomic E-state index is 13.3. The average molecular weight is 587 g/mol. The van der Waals surface area contributed by atoms with Gasteiger partial charge in [0.05, 0.1) is 5.39 Å². The Kier molecular flexibility index (Phi) is 7.84. The van der Waals surface area contributed by atoms with Crippen molar-refractivity contribution in [2.24, 2.45) is 0 Å². The van der Waals surface area contributed by atoms with Crippen molar-refractivity contribution in [3.8, 4) is 22.8 Å². The molecule has 3 heterocycles. The molecule has 6 nitrogen and oxygen atoms in total. The molecular formula is C38H38N2O4. The summed E-state index contributed by atoms with van der Waals surface area (Å²) in [5, 5.41) is 0.453. The SMILES string of the molecule is CN(CCCCN1CCCCC1)c1ccc(-c2cc(=O)c3ccc4c(c3o2)OC(c2ccccc2)(c2ccccc2)O4)cc1. The van der Waals surface area contributed by atoms with Crippen molar-refractivity contribution in [1.29, 1.82) is 0 Å². The number of benzene rings is 4. The largest absolute Gasteiger partial charge is 0.452 e. The van der Waals surface area contributed by atoms with Gasteiger partial charge < -0.3 is 23.7 Å².